The fraction of sp³-hybridized carbons (Fsp3) is 0.160. The smallest absolute Gasteiger partial charge is 0.280 e. The molecule has 12 nitrogen and oxygen atoms in total. The van der Waals surface area contributed by atoms with Gasteiger partial charge in [-0.2, -0.15) is 8.42 Å². The summed E-state index contributed by atoms with van der Waals surface area (Å²) < 4.78 is 40.8. The third-order valence-electron chi connectivity index (χ3n) is 5.38. The van der Waals surface area contributed by atoms with E-state index in [4.69, 9.17) is 21.1 Å². The Morgan fingerprint density at radius 1 is 1.18 bits per heavy atom. The highest BCUT2D eigenvalue weighted by atomic mass is 35.5. The molecule has 0 bridgehead atoms. The quantitative estimate of drug-likeness (QED) is 0.318. The van der Waals surface area contributed by atoms with Gasteiger partial charge in [0.15, 0.2) is 38.8 Å². The van der Waals surface area contributed by atoms with Crippen molar-refractivity contribution in [1.29, 1.82) is 0 Å². The monoisotopic (exact) mass is 565 g/mol. The number of aliphatic imine (C=N–C) groups is 1. The Morgan fingerprint density at radius 3 is 2.72 bits per heavy atom. The number of fused-ring (bicyclic) bond motifs is 1. The fourth-order valence-corrected chi connectivity index (χ4v) is 4.83. The first-order chi connectivity index (χ1) is 18.7. The lowest BCUT2D eigenvalue weighted by Crippen LogP contribution is -2.16. The van der Waals surface area contributed by atoms with E-state index in [-0.39, 0.29) is 61.9 Å². The van der Waals surface area contributed by atoms with Gasteiger partial charge < -0.3 is 14.6 Å². The number of methoxy groups -OCH3 is 1. The van der Waals surface area contributed by atoms with Crippen molar-refractivity contribution < 1.29 is 23.0 Å². The Hall–Kier alpha value is -4.67. The van der Waals surface area contributed by atoms with Gasteiger partial charge in [-0.05, 0) is 43.3 Å². The zero-order valence-corrected chi connectivity index (χ0v) is 22.4. The van der Waals surface area contributed by atoms with E-state index in [2.05, 4.69) is 41.1 Å². The number of aromatic hydroxyl groups is 1. The third-order valence-corrected chi connectivity index (χ3v) is 6.89. The first-order valence-electron chi connectivity index (χ1n) is 11.4. The number of nitrogens with zero attached hydrogens (tertiary/aromatic N) is 6. The van der Waals surface area contributed by atoms with Crippen LogP contribution in [0.1, 0.15) is 18.3 Å². The molecular weight excluding hydrogens is 546 g/mol. The van der Waals surface area contributed by atoms with Crippen molar-refractivity contribution in [2.45, 2.75) is 18.9 Å². The van der Waals surface area contributed by atoms with Gasteiger partial charge in [0.25, 0.3) is 10.0 Å². The zero-order chi connectivity index (χ0) is 27.7. The van der Waals surface area contributed by atoms with Crippen LogP contribution < -0.4 is 9.46 Å². The van der Waals surface area contributed by atoms with Gasteiger partial charge in [-0.1, -0.05) is 29.5 Å². The molecule has 0 saturated carbocycles. The number of phenols is 1. The van der Waals surface area contributed by atoms with E-state index in [1.807, 2.05) is 6.92 Å². The number of anilines is 1. The van der Waals surface area contributed by atoms with Gasteiger partial charge in [-0.15, -0.1) is 0 Å². The van der Waals surface area contributed by atoms with Crippen molar-refractivity contribution in [2.24, 2.45) is 4.99 Å². The summed E-state index contributed by atoms with van der Waals surface area (Å²) in [6.07, 6.45) is 2.94. The highest BCUT2D eigenvalue weighted by Crippen LogP contribution is 2.37. The van der Waals surface area contributed by atoms with Crippen LogP contribution in [0.5, 0.6) is 11.5 Å². The minimum atomic E-state index is -4.17. The van der Waals surface area contributed by atoms with Crippen LogP contribution in [0.15, 0.2) is 64.1 Å². The SMILES string of the molecule is CCOC1=NC(c2nc3nc(Cl)c(NS(=O)(=O)c4ccc(C)cn4)nc3n2-c2c(O)cccc2OC)=C=C=C1. The van der Waals surface area contributed by atoms with Crippen LogP contribution in [0.3, 0.4) is 0 Å². The molecule has 4 aromatic rings. The van der Waals surface area contributed by atoms with E-state index in [0.717, 1.165) is 5.56 Å². The van der Waals surface area contributed by atoms with Crippen LogP contribution in [0.25, 0.3) is 22.7 Å². The van der Waals surface area contributed by atoms with Crippen molar-refractivity contribution >= 4 is 50.3 Å². The van der Waals surface area contributed by atoms with Crippen molar-refractivity contribution in [3.8, 4) is 17.2 Å². The Balaban J connectivity index is 1.75. The van der Waals surface area contributed by atoms with Crippen LogP contribution in [-0.4, -0.2) is 57.6 Å². The number of pyridine rings is 1. The summed E-state index contributed by atoms with van der Waals surface area (Å²) in [7, 11) is -2.74. The van der Waals surface area contributed by atoms with Crippen LogP contribution >= 0.6 is 11.6 Å². The zero-order valence-electron chi connectivity index (χ0n) is 20.8. The van der Waals surface area contributed by atoms with Gasteiger partial charge in [0.05, 0.1) is 19.8 Å². The number of hydrogen-bond acceptors (Lipinski definition) is 10. The van der Waals surface area contributed by atoms with E-state index < -0.39 is 10.0 Å². The van der Waals surface area contributed by atoms with Crippen LogP contribution in [0.2, 0.25) is 5.15 Å². The summed E-state index contributed by atoms with van der Waals surface area (Å²) in [6, 6.07) is 7.64. The predicted molar refractivity (Wildman–Crippen MR) is 144 cm³/mol. The van der Waals surface area contributed by atoms with E-state index in [9.17, 15) is 13.5 Å². The largest absolute Gasteiger partial charge is 0.506 e. The van der Waals surface area contributed by atoms with Crippen LogP contribution in [-0.2, 0) is 14.8 Å². The van der Waals surface area contributed by atoms with Gasteiger partial charge in [-0.25, -0.2) is 24.9 Å². The average Bonchev–Trinajstić information content (AvgIpc) is 3.26. The summed E-state index contributed by atoms with van der Waals surface area (Å²) in [4.78, 5) is 21.6. The number of hydrogen-bond donors (Lipinski definition) is 2. The molecule has 0 atom stereocenters. The topological polar surface area (TPSA) is 154 Å². The standard InChI is InChI=1S/C25H20ClN7O5S/c1-4-38-18-10-5-7-15(28-18)24-31-23-25(33(24)20-16(34)8-6-9-17(20)37-3)30-22(21(26)29-23)32-39(35,36)19-12-11-14(2)13-27-19/h6,8-13,34H,4H2,1-3H3,(H,30,32). The number of ether oxygens (including phenoxy) is 2. The number of rotatable bonds is 7. The van der Waals surface area contributed by atoms with Gasteiger partial charge in [-0.3, -0.25) is 9.29 Å². The number of benzene rings is 1. The number of halogens is 1. The number of phenolic OH excluding ortho intramolecular Hbond substituents is 1. The molecule has 0 amide bonds. The molecule has 1 aliphatic rings. The molecule has 5 rings (SSSR count). The normalized spacial score (nSPS) is 12.8. The lowest BCUT2D eigenvalue weighted by molar-refractivity contribution is 0.330. The molecule has 4 heterocycles. The molecule has 14 heteroatoms. The summed E-state index contributed by atoms with van der Waals surface area (Å²) in [5, 5.41) is 10.4. The molecule has 0 spiro atoms. The van der Waals surface area contributed by atoms with E-state index >= 15 is 0 Å². The molecule has 2 N–H and O–H groups in total. The maximum atomic E-state index is 13.0. The highest BCUT2D eigenvalue weighted by molar-refractivity contribution is 7.92. The molecule has 0 aliphatic carbocycles. The molecule has 0 unspecified atom stereocenters. The van der Waals surface area contributed by atoms with Gasteiger partial charge in [0, 0.05) is 6.20 Å². The third kappa shape index (κ3) is 4.95. The van der Waals surface area contributed by atoms with Crippen LogP contribution in [0, 0.1) is 6.92 Å². The number of para-hydroxylation sites is 1. The number of sulfonamides is 1. The van der Waals surface area contributed by atoms with Gasteiger partial charge in [0.1, 0.15) is 17.2 Å². The molecule has 198 valence electrons. The van der Waals surface area contributed by atoms with E-state index in [1.165, 1.54) is 36.1 Å². The van der Waals surface area contributed by atoms with Gasteiger partial charge >= 0.3 is 0 Å². The number of aryl methyl sites for hydroxylation is 1. The number of imidazole rings is 1. The van der Waals surface area contributed by atoms with Crippen molar-refractivity contribution in [3.05, 3.63) is 70.6 Å². The second-order valence-corrected chi connectivity index (χ2v) is 10.0. The summed E-state index contributed by atoms with van der Waals surface area (Å²) in [5.74, 6) is 0.219. The molecule has 0 radical (unpaired) electrons. The molecule has 0 saturated heterocycles. The maximum Gasteiger partial charge on any atom is 0.280 e. The summed E-state index contributed by atoms with van der Waals surface area (Å²) in [5.41, 5.74) is 6.91. The first kappa shape index (κ1) is 26.0. The van der Waals surface area contributed by atoms with E-state index in [0.29, 0.717) is 6.61 Å². The lowest BCUT2D eigenvalue weighted by atomic mass is 10.2. The molecular formula is C25H20ClN7O5S. The average molecular weight is 566 g/mol. The Morgan fingerprint density at radius 2 is 2.00 bits per heavy atom. The van der Waals surface area contributed by atoms with E-state index in [1.54, 1.807) is 25.1 Å². The second kappa shape index (κ2) is 10.2. The minimum absolute atomic E-state index is 0.0359. The molecule has 39 heavy (non-hydrogen) atoms. The molecule has 0 fully saturated rings. The highest BCUT2D eigenvalue weighted by Gasteiger charge is 2.27. The lowest BCUT2D eigenvalue weighted by Gasteiger charge is -2.15. The molecule has 3 aromatic heterocycles. The summed E-state index contributed by atoms with van der Waals surface area (Å²) >= 11 is 6.34. The minimum Gasteiger partial charge on any atom is -0.506 e. The van der Waals surface area contributed by atoms with Crippen LogP contribution in [0.4, 0.5) is 5.82 Å². The van der Waals surface area contributed by atoms with Crippen molar-refractivity contribution in [3.63, 3.8) is 0 Å². The molecule has 1 aromatic carbocycles. The maximum absolute atomic E-state index is 13.0. The van der Waals surface area contributed by atoms with Gasteiger partial charge in [0.2, 0.25) is 5.90 Å². The first-order valence-corrected chi connectivity index (χ1v) is 13.3. The van der Waals surface area contributed by atoms with Crippen molar-refractivity contribution in [2.75, 3.05) is 18.4 Å². The second-order valence-electron chi connectivity index (χ2n) is 8.03. The number of nitrogens with one attached hydrogen (secondary N) is 1. The Labute approximate surface area is 227 Å². The fourth-order valence-electron chi connectivity index (χ4n) is 3.67. The predicted octanol–water partition coefficient (Wildman–Crippen LogP) is 3.79. The Kier molecular flexibility index (Phi) is 6.81. The Bertz CT molecular complexity index is 1850. The van der Waals surface area contributed by atoms with Crippen molar-refractivity contribution in [1.82, 2.24) is 24.5 Å². The number of aromatic nitrogens is 5. The molecule has 1 aliphatic heterocycles. The summed E-state index contributed by atoms with van der Waals surface area (Å²) in [6.45, 7) is 3.96.